The molecule has 3 aliphatic rings. The van der Waals surface area contributed by atoms with E-state index >= 15 is 0 Å². The number of rotatable bonds is 9. The summed E-state index contributed by atoms with van der Waals surface area (Å²) in [7, 11) is 4.30. The van der Waals surface area contributed by atoms with Crippen LogP contribution in [-0.2, 0) is 20.5 Å². The maximum Gasteiger partial charge on any atom is 0.330 e. The van der Waals surface area contributed by atoms with Gasteiger partial charge in [0.2, 0.25) is 5.88 Å². The van der Waals surface area contributed by atoms with Crippen molar-refractivity contribution in [2.24, 2.45) is 14.1 Å². The summed E-state index contributed by atoms with van der Waals surface area (Å²) in [6.45, 7) is 2.39. The summed E-state index contributed by atoms with van der Waals surface area (Å²) in [4.78, 5) is 51.8. The zero-order valence-electron chi connectivity index (χ0n) is 31.4. The number of methoxy groups -OCH3 is 1. The highest BCUT2D eigenvalue weighted by atomic mass is 35.5. The third-order valence-electron chi connectivity index (χ3n) is 11.5. The van der Waals surface area contributed by atoms with Crippen LogP contribution in [0.5, 0.6) is 5.88 Å². The second-order valence-electron chi connectivity index (χ2n) is 14.8. The molecule has 17 heteroatoms. The second-order valence-corrected chi connectivity index (χ2v) is 15.5. The number of aromatic nitrogens is 4. The molecule has 5 heterocycles. The number of likely N-dealkylation sites (tertiary alicyclic amines) is 1. The van der Waals surface area contributed by atoms with Crippen LogP contribution in [0, 0.1) is 0 Å². The molecule has 57 heavy (non-hydrogen) atoms. The van der Waals surface area contributed by atoms with Crippen molar-refractivity contribution < 1.29 is 23.4 Å². The van der Waals surface area contributed by atoms with Crippen molar-refractivity contribution in [3.63, 3.8) is 0 Å². The van der Waals surface area contributed by atoms with E-state index in [0.29, 0.717) is 52.9 Å². The summed E-state index contributed by atoms with van der Waals surface area (Å²) < 4.78 is 35.9. The summed E-state index contributed by atoms with van der Waals surface area (Å²) >= 11 is 14.2. The average molecular weight is 822 g/mol. The number of β-amino-alcohol motifs (C(OH)–C–C–N with tert-alkyl or cyclic N) is 1. The summed E-state index contributed by atoms with van der Waals surface area (Å²) in [6, 6.07) is 13.6. The van der Waals surface area contributed by atoms with Crippen LogP contribution >= 0.6 is 23.2 Å². The standard InChI is InChI=1S/C40H40Cl2F2N8O5/c1-49-29-19-27(34(43)44)46-35(31(29)37(54)50(2)39(49)56)45-25-9-5-7-23(33(25)42)22-6-4-8-24(32(22)41)26-18-21-10-11-28(30(21)36(47-26)57-3)52-15-13-40(20-52)12-14-51(16-17-53)38(55)48-40/h4-9,18-19,28,34,53H,10-17,20H2,1-3H3,(H,45,46)(H,48,55). The number of nitrogens with one attached hydrogen (secondary N) is 2. The number of fused-ring (bicyclic) bond motifs is 2. The third-order valence-corrected chi connectivity index (χ3v) is 12.4. The highest BCUT2D eigenvalue weighted by Gasteiger charge is 2.46. The first kappa shape index (κ1) is 38.8. The summed E-state index contributed by atoms with van der Waals surface area (Å²) in [6.07, 6.45) is 0.339. The van der Waals surface area contributed by atoms with Crippen molar-refractivity contribution in [3.05, 3.63) is 96.2 Å². The van der Waals surface area contributed by atoms with Crippen LogP contribution < -0.4 is 26.6 Å². The first-order chi connectivity index (χ1) is 27.3. The number of urea groups is 1. The number of carbonyl (C=O) groups is 1. The molecule has 1 aliphatic carbocycles. The SMILES string of the molecule is COc1nc(-c2cccc(-c3cccc(Nc4nc(C(F)F)cc5c4c(=O)n(C)c(=O)n5C)c3Cl)c2Cl)cc2c1C(N1CCC3(CCN(CCO)C(=O)N3)C1)CC2. The number of aliphatic hydroxyl groups is 1. The Bertz CT molecular complexity index is 2570. The van der Waals surface area contributed by atoms with Gasteiger partial charge in [0.15, 0.2) is 0 Å². The van der Waals surface area contributed by atoms with Gasteiger partial charge in [0.25, 0.3) is 12.0 Å². The van der Waals surface area contributed by atoms with Gasteiger partial charge < -0.3 is 25.4 Å². The maximum atomic E-state index is 14.0. The van der Waals surface area contributed by atoms with Crippen molar-refractivity contribution in [1.82, 2.24) is 34.2 Å². The molecule has 2 fully saturated rings. The number of anilines is 2. The van der Waals surface area contributed by atoms with Crippen molar-refractivity contribution in [3.8, 4) is 28.3 Å². The number of benzene rings is 2. The molecule has 3 aromatic heterocycles. The van der Waals surface area contributed by atoms with Gasteiger partial charge in [-0.2, -0.15) is 0 Å². The number of halogens is 4. The lowest BCUT2D eigenvalue weighted by molar-refractivity contribution is 0.127. The smallest absolute Gasteiger partial charge is 0.330 e. The number of aliphatic hydroxyl groups excluding tert-OH is 1. The van der Waals surface area contributed by atoms with E-state index in [-0.39, 0.29) is 51.6 Å². The number of amides is 2. The molecule has 2 amide bonds. The lowest BCUT2D eigenvalue weighted by Gasteiger charge is -2.40. The fraction of sp³-hybridized carbons (Fsp3) is 0.375. The van der Waals surface area contributed by atoms with E-state index in [2.05, 4.69) is 20.5 Å². The van der Waals surface area contributed by atoms with Crippen LogP contribution in [0.25, 0.3) is 33.3 Å². The Morgan fingerprint density at radius 1 is 1.00 bits per heavy atom. The Hall–Kier alpha value is -5.09. The van der Waals surface area contributed by atoms with Crippen LogP contribution in [0.1, 0.15) is 48.6 Å². The Morgan fingerprint density at radius 2 is 1.72 bits per heavy atom. The van der Waals surface area contributed by atoms with Gasteiger partial charge in [-0.15, -0.1) is 0 Å². The molecule has 2 aliphatic heterocycles. The fourth-order valence-corrected chi connectivity index (χ4v) is 9.18. The van der Waals surface area contributed by atoms with Gasteiger partial charge in [-0.3, -0.25) is 18.8 Å². The Labute approximate surface area is 335 Å². The number of nitrogens with zero attached hydrogens (tertiary/aromatic N) is 6. The Kier molecular flexibility index (Phi) is 10.2. The van der Waals surface area contributed by atoms with Gasteiger partial charge in [-0.1, -0.05) is 53.5 Å². The molecule has 0 saturated carbocycles. The molecule has 0 bridgehead atoms. The number of hydrogen-bond acceptors (Lipinski definition) is 9. The summed E-state index contributed by atoms with van der Waals surface area (Å²) in [5.74, 6) is 0.329. The van der Waals surface area contributed by atoms with E-state index in [1.54, 1.807) is 30.2 Å². The first-order valence-corrected chi connectivity index (χ1v) is 19.3. The number of hydrogen-bond donors (Lipinski definition) is 3. The minimum Gasteiger partial charge on any atom is -0.481 e. The number of alkyl halides is 2. The van der Waals surface area contributed by atoms with E-state index in [9.17, 15) is 28.3 Å². The second kappa shape index (κ2) is 15.0. The van der Waals surface area contributed by atoms with E-state index in [4.69, 9.17) is 32.9 Å². The normalized spacial score (nSPS) is 19.5. The van der Waals surface area contributed by atoms with Crippen LogP contribution in [0.2, 0.25) is 10.0 Å². The molecule has 5 aromatic rings. The van der Waals surface area contributed by atoms with Gasteiger partial charge >= 0.3 is 11.7 Å². The first-order valence-electron chi connectivity index (χ1n) is 18.6. The molecule has 3 N–H and O–H groups in total. The van der Waals surface area contributed by atoms with Crippen LogP contribution in [0.15, 0.2) is 58.1 Å². The Morgan fingerprint density at radius 3 is 2.44 bits per heavy atom. The van der Waals surface area contributed by atoms with E-state index < -0.39 is 23.4 Å². The highest BCUT2D eigenvalue weighted by Crippen LogP contribution is 2.47. The highest BCUT2D eigenvalue weighted by molar-refractivity contribution is 6.39. The predicted molar refractivity (Wildman–Crippen MR) is 214 cm³/mol. The van der Waals surface area contributed by atoms with Gasteiger partial charge in [0, 0.05) is 68.6 Å². The molecule has 2 atom stereocenters. The quantitative estimate of drug-likeness (QED) is 0.158. The molecule has 2 unspecified atom stereocenters. The molecule has 2 saturated heterocycles. The number of ether oxygens (including phenoxy) is 1. The molecule has 0 radical (unpaired) electrons. The summed E-state index contributed by atoms with van der Waals surface area (Å²) in [5, 5.41) is 16.1. The predicted octanol–water partition coefficient (Wildman–Crippen LogP) is 6.20. The van der Waals surface area contributed by atoms with Crippen molar-refractivity contribution in [1.29, 1.82) is 0 Å². The lowest BCUT2D eigenvalue weighted by Crippen LogP contribution is -2.61. The lowest BCUT2D eigenvalue weighted by atomic mass is 9.92. The molecule has 298 valence electrons. The van der Waals surface area contributed by atoms with Gasteiger partial charge in [-0.25, -0.2) is 28.3 Å². The zero-order chi connectivity index (χ0) is 40.3. The zero-order valence-corrected chi connectivity index (χ0v) is 32.9. The molecule has 8 rings (SSSR count). The Balaban J connectivity index is 1.11. The minimum atomic E-state index is -2.97. The fourth-order valence-electron chi connectivity index (χ4n) is 8.58. The van der Waals surface area contributed by atoms with Crippen molar-refractivity contribution in [2.45, 2.75) is 43.7 Å². The van der Waals surface area contributed by atoms with Crippen LogP contribution in [0.3, 0.4) is 0 Å². The van der Waals surface area contributed by atoms with Crippen LogP contribution in [0.4, 0.5) is 25.1 Å². The maximum absolute atomic E-state index is 14.0. The minimum absolute atomic E-state index is 0.00375. The molecular formula is C40H40Cl2F2N8O5. The molecule has 2 aromatic carbocycles. The third kappa shape index (κ3) is 6.69. The molecule has 1 spiro atoms. The van der Waals surface area contributed by atoms with E-state index in [1.165, 1.54) is 14.1 Å². The molecular weight excluding hydrogens is 781 g/mol. The van der Waals surface area contributed by atoms with Gasteiger partial charge in [0.05, 0.1) is 46.2 Å². The number of pyridine rings is 2. The van der Waals surface area contributed by atoms with Gasteiger partial charge in [-0.05, 0) is 49.4 Å². The average Bonchev–Trinajstić information content (AvgIpc) is 3.82. The monoisotopic (exact) mass is 820 g/mol. The largest absolute Gasteiger partial charge is 0.481 e. The molecule has 13 nitrogen and oxygen atoms in total. The summed E-state index contributed by atoms with van der Waals surface area (Å²) in [5.41, 5.74) is 2.46. The van der Waals surface area contributed by atoms with Crippen molar-refractivity contribution in [2.75, 3.05) is 45.2 Å². The van der Waals surface area contributed by atoms with Crippen LogP contribution in [-0.4, -0.2) is 85.5 Å². The topological polar surface area (TPSA) is 147 Å². The van der Waals surface area contributed by atoms with E-state index in [0.717, 1.165) is 58.6 Å². The number of carbonyl (C=O) groups excluding carboxylic acids is 1. The van der Waals surface area contributed by atoms with Gasteiger partial charge in [0.1, 0.15) is 16.9 Å². The van der Waals surface area contributed by atoms with Crippen molar-refractivity contribution >= 4 is 51.6 Å². The van der Waals surface area contributed by atoms with E-state index in [1.807, 2.05) is 24.3 Å². The number of aryl methyl sites for hydroxylation is 2.